The van der Waals surface area contributed by atoms with Crippen LogP contribution < -0.4 is 5.19 Å². The molecule has 0 bridgehead atoms. The van der Waals surface area contributed by atoms with E-state index in [-0.39, 0.29) is 0 Å². The first kappa shape index (κ1) is 14.5. The van der Waals surface area contributed by atoms with Crippen LogP contribution in [0.15, 0.2) is 55.6 Å². The second-order valence-corrected chi connectivity index (χ2v) is 11.2. The summed E-state index contributed by atoms with van der Waals surface area (Å²) in [6, 6.07) is 15.4. The summed E-state index contributed by atoms with van der Waals surface area (Å²) >= 11 is 0. The Labute approximate surface area is 123 Å². The van der Waals surface area contributed by atoms with Crippen molar-refractivity contribution in [2.24, 2.45) is 0 Å². The van der Waals surface area contributed by atoms with E-state index in [9.17, 15) is 0 Å². The lowest BCUT2D eigenvalue weighted by Crippen LogP contribution is -2.37. The molecule has 0 radical (unpaired) electrons. The molecule has 0 amide bonds. The highest BCUT2D eigenvalue weighted by molar-refractivity contribution is 6.88. The molecule has 2 aromatic carbocycles. The first-order chi connectivity index (χ1) is 9.45. The van der Waals surface area contributed by atoms with E-state index in [0.717, 1.165) is 11.1 Å². The van der Waals surface area contributed by atoms with Crippen LogP contribution in [0.1, 0.15) is 11.1 Å². The third kappa shape index (κ3) is 2.99. The third-order valence-corrected chi connectivity index (χ3v) is 5.66. The summed E-state index contributed by atoms with van der Waals surface area (Å²) in [4.78, 5) is 0. The van der Waals surface area contributed by atoms with E-state index < -0.39 is 8.07 Å². The molecular weight excluding hydrogens is 256 g/mol. The average Bonchev–Trinajstić information content (AvgIpc) is 2.45. The van der Waals surface area contributed by atoms with Gasteiger partial charge in [-0.05, 0) is 28.3 Å². The molecule has 0 aromatic heterocycles. The van der Waals surface area contributed by atoms with Crippen molar-refractivity contribution in [3.8, 4) is 11.1 Å². The van der Waals surface area contributed by atoms with Gasteiger partial charge < -0.3 is 0 Å². The first-order valence-corrected chi connectivity index (χ1v) is 10.5. The minimum atomic E-state index is -1.23. The summed E-state index contributed by atoms with van der Waals surface area (Å²) in [6.45, 7) is 14.9. The van der Waals surface area contributed by atoms with Crippen molar-refractivity contribution < 1.29 is 0 Å². The largest absolute Gasteiger partial charge is 0.0985 e. The second-order valence-electron chi connectivity index (χ2n) is 6.08. The zero-order valence-corrected chi connectivity index (χ0v) is 13.6. The lowest BCUT2D eigenvalue weighted by Gasteiger charge is -2.17. The van der Waals surface area contributed by atoms with E-state index >= 15 is 0 Å². The fourth-order valence-electron chi connectivity index (χ4n) is 2.29. The molecule has 102 valence electrons. The normalized spacial score (nSPS) is 11.2. The van der Waals surface area contributed by atoms with Gasteiger partial charge in [0.25, 0.3) is 0 Å². The lowest BCUT2D eigenvalue weighted by molar-refractivity contribution is 1.57. The monoisotopic (exact) mass is 278 g/mol. The van der Waals surface area contributed by atoms with Crippen molar-refractivity contribution in [3.05, 3.63) is 66.7 Å². The van der Waals surface area contributed by atoms with Gasteiger partial charge in [-0.15, -0.1) is 0 Å². The molecule has 0 heterocycles. The van der Waals surface area contributed by atoms with Crippen LogP contribution in [0.25, 0.3) is 23.3 Å². The van der Waals surface area contributed by atoms with Crippen LogP contribution in [0.5, 0.6) is 0 Å². The highest BCUT2D eigenvalue weighted by Gasteiger charge is 2.16. The fraction of sp³-hybridized carbons (Fsp3) is 0.158. The topological polar surface area (TPSA) is 0 Å². The summed E-state index contributed by atoms with van der Waals surface area (Å²) in [5, 5.41) is 1.49. The van der Waals surface area contributed by atoms with Gasteiger partial charge in [0.05, 0.1) is 8.07 Å². The molecule has 0 saturated heterocycles. The molecule has 0 N–H and O–H groups in total. The Morgan fingerprint density at radius 2 is 1.50 bits per heavy atom. The van der Waals surface area contributed by atoms with Crippen LogP contribution in [0, 0.1) is 0 Å². The van der Waals surface area contributed by atoms with Crippen LogP contribution in [-0.4, -0.2) is 8.07 Å². The molecule has 0 saturated carbocycles. The highest BCUT2D eigenvalue weighted by atomic mass is 28.3. The van der Waals surface area contributed by atoms with Crippen molar-refractivity contribution >= 4 is 25.4 Å². The Morgan fingerprint density at radius 1 is 0.850 bits per heavy atom. The molecule has 0 fully saturated rings. The molecule has 2 aromatic rings. The molecule has 0 spiro atoms. The zero-order chi connectivity index (χ0) is 14.8. The van der Waals surface area contributed by atoms with E-state index in [0.29, 0.717) is 0 Å². The van der Waals surface area contributed by atoms with Crippen LogP contribution in [0.2, 0.25) is 19.6 Å². The number of benzene rings is 2. The van der Waals surface area contributed by atoms with Crippen LogP contribution in [0.3, 0.4) is 0 Å². The van der Waals surface area contributed by atoms with Gasteiger partial charge >= 0.3 is 0 Å². The Balaban J connectivity index is 2.46. The molecule has 0 aliphatic heterocycles. The van der Waals surface area contributed by atoms with Gasteiger partial charge in [-0.3, -0.25) is 0 Å². The second kappa shape index (κ2) is 5.64. The van der Waals surface area contributed by atoms with Gasteiger partial charge in [-0.1, -0.05) is 86.5 Å². The molecule has 0 atom stereocenters. The van der Waals surface area contributed by atoms with E-state index in [2.05, 4.69) is 75.3 Å². The summed E-state index contributed by atoms with van der Waals surface area (Å²) in [7, 11) is -1.23. The summed E-state index contributed by atoms with van der Waals surface area (Å²) in [5.74, 6) is 0. The quantitative estimate of drug-likeness (QED) is 0.676. The Bertz CT molecular complexity index is 628. The SMILES string of the molecule is C=Cc1ccc(-c2ccc([Si](C)(C)C)cc2)c(C=C)c1. The molecule has 0 aliphatic rings. The van der Waals surface area contributed by atoms with Crippen LogP contribution in [0.4, 0.5) is 0 Å². The number of hydrogen-bond donors (Lipinski definition) is 0. The minimum absolute atomic E-state index is 1.13. The van der Waals surface area contributed by atoms with Crippen LogP contribution in [-0.2, 0) is 0 Å². The van der Waals surface area contributed by atoms with E-state index in [1.807, 2.05) is 12.2 Å². The Hall–Kier alpha value is -1.86. The molecule has 2 rings (SSSR count). The maximum Gasteiger partial charge on any atom is 0.0775 e. The molecule has 1 heteroatoms. The average molecular weight is 278 g/mol. The molecular formula is C19H22Si. The van der Waals surface area contributed by atoms with Gasteiger partial charge in [-0.2, -0.15) is 0 Å². The Kier molecular flexibility index (Phi) is 4.10. The van der Waals surface area contributed by atoms with Crippen molar-refractivity contribution in [2.75, 3.05) is 0 Å². The van der Waals surface area contributed by atoms with E-state index in [1.54, 1.807) is 0 Å². The van der Waals surface area contributed by atoms with Gasteiger partial charge in [0.1, 0.15) is 0 Å². The lowest BCUT2D eigenvalue weighted by atomic mass is 9.97. The van der Waals surface area contributed by atoms with Crippen molar-refractivity contribution in [1.29, 1.82) is 0 Å². The highest BCUT2D eigenvalue weighted by Crippen LogP contribution is 2.26. The summed E-state index contributed by atoms with van der Waals surface area (Å²) in [6.07, 6.45) is 3.78. The van der Waals surface area contributed by atoms with Gasteiger partial charge in [0.2, 0.25) is 0 Å². The van der Waals surface area contributed by atoms with Crippen LogP contribution >= 0.6 is 0 Å². The summed E-state index contributed by atoms with van der Waals surface area (Å²) < 4.78 is 0. The van der Waals surface area contributed by atoms with E-state index in [4.69, 9.17) is 0 Å². The van der Waals surface area contributed by atoms with Gasteiger partial charge in [0.15, 0.2) is 0 Å². The van der Waals surface area contributed by atoms with Gasteiger partial charge in [-0.25, -0.2) is 0 Å². The molecule has 0 aliphatic carbocycles. The standard InChI is InChI=1S/C19H22Si/c1-6-15-8-13-19(16(7-2)14-15)17-9-11-18(12-10-17)20(3,4)5/h6-14H,1-2H2,3-5H3. The van der Waals surface area contributed by atoms with Crippen molar-refractivity contribution in [1.82, 2.24) is 0 Å². The number of rotatable bonds is 4. The zero-order valence-electron chi connectivity index (χ0n) is 12.6. The Morgan fingerprint density at radius 3 is 2.00 bits per heavy atom. The van der Waals surface area contributed by atoms with Crippen molar-refractivity contribution in [3.63, 3.8) is 0 Å². The number of hydrogen-bond acceptors (Lipinski definition) is 0. The smallest absolute Gasteiger partial charge is 0.0775 e. The maximum absolute atomic E-state index is 3.92. The predicted octanol–water partition coefficient (Wildman–Crippen LogP) is 5.18. The molecule has 20 heavy (non-hydrogen) atoms. The third-order valence-electron chi connectivity index (χ3n) is 3.59. The predicted molar refractivity (Wildman–Crippen MR) is 95.0 cm³/mol. The summed E-state index contributed by atoms with van der Waals surface area (Å²) in [5.41, 5.74) is 4.76. The fourth-order valence-corrected chi connectivity index (χ4v) is 3.46. The molecule has 0 nitrogen and oxygen atoms in total. The maximum atomic E-state index is 3.92. The van der Waals surface area contributed by atoms with Crippen molar-refractivity contribution in [2.45, 2.75) is 19.6 Å². The van der Waals surface area contributed by atoms with Gasteiger partial charge in [0, 0.05) is 0 Å². The first-order valence-electron chi connectivity index (χ1n) is 6.95. The van der Waals surface area contributed by atoms with E-state index in [1.165, 1.54) is 16.3 Å². The minimum Gasteiger partial charge on any atom is -0.0985 e. The molecule has 0 unspecified atom stereocenters.